The van der Waals surface area contributed by atoms with Gasteiger partial charge < -0.3 is 15.8 Å². The maximum absolute atomic E-state index is 12.5. The summed E-state index contributed by atoms with van der Waals surface area (Å²) in [5, 5.41) is 3.11. The van der Waals surface area contributed by atoms with Crippen LogP contribution in [0.5, 0.6) is 0 Å². The van der Waals surface area contributed by atoms with Crippen molar-refractivity contribution in [3.63, 3.8) is 0 Å². The van der Waals surface area contributed by atoms with Crippen LogP contribution in [0.4, 0.5) is 0 Å². The summed E-state index contributed by atoms with van der Waals surface area (Å²) in [6.07, 6.45) is 4.84. The molecule has 1 amide bonds. The van der Waals surface area contributed by atoms with E-state index in [-0.39, 0.29) is 30.2 Å². The highest BCUT2D eigenvalue weighted by molar-refractivity contribution is 5.94. The Morgan fingerprint density at radius 2 is 1.80 bits per heavy atom. The van der Waals surface area contributed by atoms with Crippen molar-refractivity contribution in [3.05, 3.63) is 35.4 Å². The molecule has 0 aromatic heterocycles. The molecular formula is C20H31N3O2. The SMILES string of the molecule is C[C@@H]1CN(Cc2ccc(C(=O)N[C@@H]3CCCC[C@H]3N)cc2)C[C@H](C)O1. The number of morpholine rings is 1. The second-order valence-corrected chi connectivity index (χ2v) is 7.68. The first-order valence-corrected chi connectivity index (χ1v) is 9.54. The lowest BCUT2D eigenvalue weighted by atomic mass is 9.91. The average Bonchev–Trinajstić information content (AvgIpc) is 2.56. The van der Waals surface area contributed by atoms with Gasteiger partial charge in [0.15, 0.2) is 0 Å². The molecule has 3 N–H and O–H groups in total. The molecule has 0 unspecified atom stereocenters. The fourth-order valence-electron chi connectivity index (χ4n) is 4.02. The van der Waals surface area contributed by atoms with E-state index >= 15 is 0 Å². The Bertz CT molecular complexity index is 565. The van der Waals surface area contributed by atoms with Crippen LogP contribution in [0, 0.1) is 0 Å². The van der Waals surface area contributed by atoms with E-state index in [1.165, 1.54) is 12.0 Å². The average molecular weight is 345 g/mol. The summed E-state index contributed by atoms with van der Waals surface area (Å²) in [5.41, 5.74) is 8.07. The van der Waals surface area contributed by atoms with E-state index in [0.717, 1.165) is 38.9 Å². The number of carbonyl (C=O) groups excluding carboxylic acids is 1. The molecule has 138 valence electrons. The van der Waals surface area contributed by atoms with Crippen LogP contribution >= 0.6 is 0 Å². The van der Waals surface area contributed by atoms with Crippen LogP contribution in [0.2, 0.25) is 0 Å². The number of hydrogen-bond donors (Lipinski definition) is 2. The van der Waals surface area contributed by atoms with E-state index in [1.54, 1.807) is 0 Å². The number of carbonyl (C=O) groups is 1. The van der Waals surface area contributed by atoms with Crippen LogP contribution in [0.15, 0.2) is 24.3 Å². The van der Waals surface area contributed by atoms with Gasteiger partial charge in [0.25, 0.3) is 5.91 Å². The molecule has 0 radical (unpaired) electrons. The highest BCUT2D eigenvalue weighted by Crippen LogP contribution is 2.18. The van der Waals surface area contributed by atoms with Gasteiger partial charge in [0.05, 0.1) is 12.2 Å². The van der Waals surface area contributed by atoms with E-state index in [1.807, 2.05) is 12.1 Å². The predicted molar refractivity (Wildman–Crippen MR) is 99.4 cm³/mol. The normalized spacial score (nSPS) is 30.8. The summed E-state index contributed by atoms with van der Waals surface area (Å²) in [6, 6.07) is 8.15. The number of ether oxygens (including phenoxy) is 1. The molecule has 3 rings (SSSR count). The first kappa shape index (κ1) is 18.4. The van der Waals surface area contributed by atoms with E-state index in [2.05, 4.69) is 36.2 Å². The van der Waals surface area contributed by atoms with Crippen molar-refractivity contribution >= 4 is 5.91 Å². The summed E-state index contributed by atoms with van der Waals surface area (Å²) >= 11 is 0. The van der Waals surface area contributed by atoms with Crippen LogP contribution in [0.25, 0.3) is 0 Å². The molecule has 2 aliphatic rings. The number of nitrogens with zero attached hydrogens (tertiary/aromatic N) is 1. The van der Waals surface area contributed by atoms with Gasteiger partial charge in [0, 0.05) is 37.3 Å². The van der Waals surface area contributed by atoms with E-state index in [9.17, 15) is 4.79 Å². The highest BCUT2D eigenvalue weighted by Gasteiger charge is 2.24. The zero-order chi connectivity index (χ0) is 17.8. The Hall–Kier alpha value is -1.43. The van der Waals surface area contributed by atoms with Crippen molar-refractivity contribution in [2.45, 2.75) is 70.4 Å². The van der Waals surface area contributed by atoms with Crippen LogP contribution in [0.1, 0.15) is 55.5 Å². The molecule has 1 aromatic rings. The molecule has 2 fully saturated rings. The Morgan fingerprint density at radius 3 is 2.44 bits per heavy atom. The fourth-order valence-corrected chi connectivity index (χ4v) is 4.02. The molecule has 25 heavy (non-hydrogen) atoms. The molecule has 5 nitrogen and oxygen atoms in total. The van der Waals surface area contributed by atoms with Gasteiger partial charge in [-0.2, -0.15) is 0 Å². The lowest BCUT2D eigenvalue weighted by Gasteiger charge is -2.35. The van der Waals surface area contributed by atoms with Crippen LogP contribution < -0.4 is 11.1 Å². The zero-order valence-corrected chi connectivity index (χ0v) is 15.4. The van der Waals surface area contributed by atoms with E-state index in [4.69, 9.17) is 10.5 Å². The van der Waals surface area contributed by atoms with Crippen molar-refractivity contribution in [3.8, 4) is 0 Å². The predicted octanol–water partition coefficient (Wildman–Crippen LogP) is 2.30. The number of benzene rings is 1. The minimum Gasteiger partial charge on any atom is -0.373 e. The standard InChI is InChI=1S/C20H31N3O2/c1-14-11-23(12-15(2)25-14)13-16-7-9-17(10-8-16)20(24)22-19-6-4-3-5-18(19)21/h7-10,14-15,18-19H,3-6,11-13,21H2,1-2H3,(H,22,24)/t14-,15+,18-,19-/m1/s1. The number of nitrogens with one attached hydrogen (secondary N) is 1. The van der Waals surface area contributed by atoms with Crippen molar-refractivity contribution in [2.75, 3.05) is 13.1 Å². The van der Waals surface area contributed by atoms with Gasteiger partial charge in [-0.05, 0) is 44.4 Å². The van der Waals surface area contributed by atoms with Crippen LogP contribution in [-0.4, -0.2) is 48.2 Å². The minimum absolute atomic E-state index is 0.0116. The third kappa shape index (κ3) is 5.03. The lowest BCUT2D eigenvalue weighted by molar-refractivity contribution is -0.0704. The molecule has 1 saturated carbocycles. The number of nitrogens with two attached hydrogens (primary N) is 1. The Morgan fingerprint density at radius 1 is 1.16 bits per heavy atom. The van der Waals surface area contributed by atoms with Crippen LogP contribution in [0.3, 0.4) is 0 Å². The van der Waals surface area contributed by atoms with Gasteiger partial charge in [0.2, 0.25) is 0 Å². The molecule has 0 spiro atoms. The topological polar surface area (TPSA) is 67.6 Å². The summed E-state index contributed by atoms with van der Waals surface area (Å²) in [7, 11) is 0. The number of amides is 1. The Kier molecular flexibility index (Phi) is 6.10. The molecular weight excluding hydrogens is 314 g/mol. The molecule has 1 heterocycles. The summed E-state index contributed by atoms with van der Waals surface area (Å²) in [5.74, 6) is -0.0116. The number of rotatable bonds is 4. The zero-order valence-electron chi connectivity index (χ0n) is 15.4. The van der Waals surface area contributed by atoms with Crippen molar-refractivity contribution in [2.24, 2.45) is 5.73 Å². The van der Waals surface area contributed by atoms with E-state index < -0.39 is 0 Å². The molecule has 0 bridgehead atoms. The molecule has 1 aliphatic heterocycles. The number of hydrogen-bond acceptors (Lipinski definition) is 4. The molecule has 1 aliphatic carbocycles. The third-order valence-electron chi connectivity index (χ3n) is 5.25. The maximum Gasteiger partial charge on any atom is 0.251 e. The van der Waals surface area contributed by atoms with Crippen molar-refractivity contribution in [1.82, 2.24) is 10.2 Å². The maximum atomic E-state index is 12.5. The fraction of sp³-hybridized carbons (Fsp3) is 0.650. The highest BCUT2D eigenvalue weighted by atomic mass is 16.5. The Balaban J connectivity index is 1.55. The third-order valence-corrected chi connectivity index (χ3v) is 5.25. The largest absolute Gasteiger partial charge is 0.373 e. The summed E-state index contributed by atoms with van der Waals surface area (Å²) in [4.78, 5) is 14.9. The van der Waals surface area contributed by atoms with Gasteiger partial charge in [-0.1, -0.05) is 25.0 Å². The molecule has 1 aromatic carbocycles. The second kappa shape index (κ2) is 8.30. The smallest absolute Gasteiger partial charge is 0.251 e. The van der Waals surface area contributed by atoms with Gasteiger partial charge in [-0.15, -0.1) is 0 Å². The molecule has 4 atom stereocenters. The summed E-state index contributed by atoms with van der Waals surface area (Å²) < 4.78 is 5.78. The van der Waals surface area contributed by atoms with Gasteiger partial charge in [-0.25, -0.2) is 0 Å². The Labute approximate surface area is 150 Å². The van der Waals surface area contributed by atoms with Crippen LogP contribution in [-0.2, 0) is 11.3 Å². The van der Waals surface area contributed by atoms with Crippen molar-refractivity contribution < 1.29 is 9.53 Å². The summed E-state index contributed by atoms with van der Waals surface area (Å²) in [6.45, 7) is 7.03. The first-order chi connectivity index (χ1) is 12.0. The first-order valence-electron chi connectivity index (χ1n) is 9.54. The monoisotopic (exact) mass is 345 g/mol. The molecule has 5 heteroatoms. The van der Waals surface area contributed by atoms with Gasteiger partial charge in [0.1, 0.15) is 0 Å². The lowest BCUT2D eigenvalue weighted by Crippen LogP contribution is -2.49. The minimum atomic E-state index is -0.0116. The molecule has 1 saturated heterocycles. The van der Waals surface area contributed by atoms with Gasteiger partial charge in [-0.3, -0.25) is 9.69 Å². The van der Waals surface area contributed by atoms with Crippen molar-refractivity contribution in [1.29, 1.82) is 0 Å². The van der Waals surface area contributed by atoms with E-state index in [0.29, 0.717) is 5.56 Å². The quantitative estimate of drug-likeness (QED) is 0.879. The van der Waals surface area contributed by atoms with Gasteiger partial charge >= 0.3 is 0 Å². The second-order valence-electron chi connectivity index (χ2n) is 7.68.